The Morgan fingerprint density at radius 1 is 1.21 bits per heavy atom. The molecule has 0 atom stereocenters. The summed E-state index contributed by atoms with van der Waals surface area (Å²) in [6.07, 6.45) is 1.58. The summed E-state index contributed by atoms with van der Waals surface area (Å²) in [5.41, 5.74) is 4.56. The lowest BCUT2D eigenvalue weighted by Crippen LogP contribution is -2.24. The Bertz CT molecular complexity index is 728. The van der Waals surface area contributed by atoms with Crippen LogP contribution in [0.4, 0.5) is 0 Å². The van der Waals surface area contributed by atoms with Gasteiger partial charge in [0.15, 0.2) is 6.61 Å². The van der Waals surface area contributed by atoms with E-state index in [4.69, 9.17) is 27.9 Å². The molecule has 0 aliphatic rings. The third-order valence-electron chi connectivity index (χ3n) is 3.26. The van der Waals surface area contributed by atoms with Gasteiger partial charge in [0.1, 0.15) is 5.75 Å². The minimum Gasteiger partial charge on any atom is -0.482 e. The first-order valence-corrected chi connectivity index (χ1v) is 8.21. The van der Waals surface area contributed by atoms with Gasteiger partial charge in [0.25, 0.3) is 5.91 Å². The molecule has 2 aromatic carbocycles. The molecule has 126 valence electrons. The number of hydrazone groups is 1. The van der Waals surface area contributed by atoms with E-state index >= 15 is 0 Å². The minimum atomic E-state index is -0.379. The van der Waals surface area contributed by atoms with Gasteiger partial charge < -0.3 is 4.74 Å². The van der Waals surface area contributed by atoms with Crippen LogP contribution < -0.4 is 10.2 Å². The summed E-state index contributed by atoms with van der Waals surface area (Å²) in [6, 6.07) is 12.8. The Balaban J connectivity index is 1.82. The standard InChI is InChI=1S/C18H18Cl2N2O2/c1-12(2)14-5-3-13(4-6-14)10-21-22-18(23)11-24-17-8-7-15(19)9-16(17)20/h3-10,12H,11H2,1-2H3,(H,22,23)/b21-10-. The largest absolute Gasteiger partial charge is 0.482 e. The first-order chi connectivity index (χ1) is 11.5. The summed E-state index contributed by atoms with van der Waals surface area (Å²) in [4.78, 5) is 11.7. The van der Waals surface area contributed by atoms with Crippen LogP contribution in [0.1, 0.15) is 30.9 Å². The predicted octanol–water partition coefficient (Wildman–Crippen LogP) is 4.65. The van der Waals surface area contributed by atoms with Gasteiger partial charge >= 0.3 is 0 Å². The van der Waals surface area contributed by atoms with Gasteiger partial charge in [0, 0.05) is 5.02 Å². The maximum atomic E-state index is 11.7. The number of hydrogen-bond donors (Lipinski definition) is 1. The number of rotatable bonds is 6. The highest BCUT2D eigenvalue weighted by Crippen LogP contribution is 2.27. The first-order valence-electron chi connectivity index (χ1n) is 7.45. The summed E-state index contributed by atoms with van der Waals surface area (Å²) in [5.74, 6) is 0.494. The number of ether oxygens (including phenoxy) is 1. The van der Waals surface area contributed by atoms with Gasteiger partial charge in [-0.05, 0) is 35.2 Å². The van der Waals surface area contributed by atoms with Crippen molar-refractivity contribution >= 4 is 35.3 Å². The van der Waals surface area contributed by atoms with Crippen molar-refractivity contribution in [2.75, 3.05) is 6.61 Å². The van der Waals surface area contributed by atoms with E-state index in [2.05, 4.69) is 24.4 Å². The maximum absolute atomic E-state index is 11.7. The fourth-order valence-corrected chi connectivity index (χ4v) is 2.38. The van der Waals surface area contributed by atoms with E-state index in [0.29, 0.717) is 21.7 Å². The zero-order chi connectivity index (χ0) is 17.5. The molecule has 0 saturated carbocycles. The quantitative estimate of drug-likeness (QED) is 0.599. The van der Waals surface area contributed by atoms with Crippen LogP contribution in [-0.4, -0.2) is 18.7 Å². The van der Waals surface area contributed by atoms with Gasteiger partial charge in [0.2, 0.25) is 0 Å². The molecule has 0 bridgehead atoms. The topological polar surface area (TPSA) is 50.7 Å². The van der Waals surface area contributed by atoms with Gasteiger partial charge in [-0.3, -0.25) is 4.79 Å². The Hall–Kier alpha value is -2.04. The lowest BCUT2D eigenvalue weighted by Gasteiger charge is -2.07. The normalized spacial score (nSPS) is 11.0. The molecule has 0 aliphatic carbocycles. The number of carbonyl (C=O) groups excluding carboxylic acids is 1. The third kappa shape index (κ3) is 5.55. The molecule has 24 heavy (non-hydrogen) atoms. The van der Waals surface area contributed by atoms with Crippen molar-refractivity contribution in [3.63, 3.8) is 0 Å². The van der Waals surface area contributed by atoms with Crippen molar-refractivity contribution in [2.24, 2.45) is 5.10 Å². The molecule has 2 rings (SSSR count). The van der Waals surface area contributed by atoms with Crippen molar-refractivity contribution in [1.82, 2.24) is 5.43 Å². The van der Waals surface area contributed by atoms with E-state index in [1.807, 2.05) is 24.3 Å². The number of nitrogens with zero attached hydrogens (tertiary/aromatic N) is 1. The molecule has 0 radical (unpaired) electrons. The highest BCUT2D eigenvalue weighted by atomic mass is 35.5. The number of halogens is 2. The summed E-state index contributed by atoms with van der Waals surface area (Å²) < 4.78 is 5.32. The lowest BCUT2D eigenvalue weighted by atomic mass is 10.0. The molecule has 0 fully saturated rings. The van der Waals surface area contributed by atoms with Gasteiger partial charge in [-0.2, -0.15) is 5.10 Å². The van der Waals surface area contributed by atoms with Crippen molar-refractivity contribution in [1.29, 1.82) is 0 Å². The van der Waals surface area contributed by atoms with E-state index in [1.54, 1.807) is 24.4 Å². The molecule has 0 spiro atoms. The molecule has 0 saturated heterocycles. The summed E-state index contributed by atoms with van der Waals surface area (Å²) >= 11 is 11.8. The van der Waals surface area contributed by atoms with Crippen LogP contribution in [0.3, 0.4) is 0 Å². The molecule has 0 heterocycles. The second kappa shape index (κ2) is 8.71. The van der Waals surface area contributed by atoms with Gasteiger partial charge in [-0.1, -0.05) is 61.3 Å². The monoisotopic (exact) mass is 364 g/mol. The van der Waals surface area contributed by atoms with Gasteiger partial charge in [-0.15, -0.1) is 0 Å². The number of carbonyl (C=O) groups is 1. The van der Waals surface area contributed by atoms with Crippen LogP contribution in [0.15, 0.2) is 47.6 Å². The average Bonchev–Trinajstić information content (AvgIpc) is 2.54. The fourth-order valence-electron chi connectivity index (χ4n) is 1.91. The van der Waals surface area contributed by atoms with Crippen molar-refractivity contribution in [2.45, 2.75) is 19.8 Å². The Morgan fingerprint density at radius 2 is 1.92 bits per heavy atom. The molecule has 1 N–H and O–H groups in total. The lowest BCUT2D eigenvalue weighted by molar-refractivity contribution is -0.123. The van der Waals surface area contributed by atoms with Crippen LogP contribution in [-0.2, 0) is 4.79 Å². The van der Waals surface area contributed by atoms with Crippen molar-refractivity contribution < 1.29 is 9.53 Å². The van der Waals surface area contributed by atoms with E-state index in [9.17, 15) is 4.79 Å². The number of hydrogen-bond acceptors (Lipinski definition) is 3. The highest BCUT2D eigenvalue weighted by molar-refractivity contribution is 6.35. The minimum absolute atomic E-state index is 0.190. The van der Waals surface area contributed by atoms with Crippen LogP contribution in [0.25, 0.3) is 0 Å². The number of nitrogens with one attached hydrogen (secondary N) is 1. The molecule has 0 aromatic heterocycles. The number of benzene rings is 2. The SMILES string of the molecule is CC(C)c1ccc(/C=N\NC(=O)COc2ccc(Cl)cc2Cl)cc1. The fraction of sp³-hybridized carbons (Fsp3) is 0.222. The van der Waals surface area contributed by atoms with Crippen LogP contribution >= 0.6 is 23.2 Å². The molecule has 1 amide bonds. The second-order valence-electron chi connectivity index (χ2n) is 5.48. The molecule has 4 nitrogen and oxygen atoms in total. The van der Waals surface area contributed by atoms with E-state index in [0.717, 1.165) is 5.56 Å². The second-order valence-corrected chi connectivity index (χ2v) is 6.32. The van der Waals surface area contributed by atoms with Crippen LogP contribution in [0.2, 0.25) is 10.0 Å². The van der Waals surface area contributed by atoms with Gasteiger partial charge in [-0.25, -0.2) is 5.43 Å². The molecular formula is C18H18Cl2N2O2. The van der Waals surface area contributed by atoms with Gasteiger partial charge in [0.05, 0.1) is 11.2 Å². The average molecular weight is 365 g/mol. The van der Waals surface area contributed by atoms with Crippen molar-refractivity contribution in [3.8, 4) is 5.75 Å². The maximum Gasteiger partial charge on any atom is 0.277 e. The Kier molecular flexibility index (Phi) is 6.64. The first kappa shape index (κ1) is 18.3. The number of amides is 1. The molecular weight excluding hydrogens is 347 g/mol. The smallest absolute Gasteiger partial charge is 0.277 e. The molecule has 2 aromatic rings. The summed E-state index contributed by atoms with van der Waals surface area (Å²) in [6.45, 7) is 4.08. The Labute approximate surface area is 151 Å². The molecule has 6 heteroatoms. The zero-order valence-electron chi connectivity index (χ0n) is 13.4. The van der Waals surface area contributed by atoms with Crippen LogP contribution in [0.5, 0.6) is 5.75 Å². The summed E-state index contributed by atoms with van der Waals surface area (Å²) in [5, 5.41) is 4.76. The van der Waals surface area contributed by atoms with Crippen LogP contribution in [0, 0.1) is 0 Å². The van der Waals surface area contributed by atoms with E-state index in [1.165, 1.54) is 5.56 Å². The third-order valence-corrected chi connectivity index (χ3v) is 3.79. The van der Waals surface area contributed by atoms with E-state index < -0.39 is 0 Å². The highest BCUT2D eigenvalue weighted by Gasteiger charge is 2.05. The van der Waals surface area contributed by atoms with E-state index in [-0.39, 0.29) is 12.5 Å². The zero-order valence-corrected chi connectivity index (χ0v) is 14.9. The molecule has 0 aliphatic heterocycles. The Morgan fingerprint density at radius 3 is 2.54 bits per heavy atom. The predicted molar refractivity (Wildman–Crippen MR) is 98.2 cm³/mol. The van der Waals surface area contributed by atoms with Crippen molar-refractivity contribution in [3.05, 3.63) is 63.6 Å². The summed E-state index contributed by atoms with van der Waals surface area (Å²) in [7, 11) is 0. The molecule has 0 unspecified atom stereocenters.